The summed E-state index contributed by atoms with van der Waals surface area (Å²) in [4.78, 5) is 5.29. The molecule has 128 valence electrons. The Bertz CT molecular complexity index is 488. The zero-order valence-electron chi connectivity index (χ0n) is 14.9. The van der Waals surface area contributed by atoms with Gasteiger partial charge in [0.15, 0.2) is 0 Å². The number of hydrogen-bond donors (Lipinski definition) is 0. The smallest absolute Gasteiger partial charge is 0.124 e. The van der Waals surface area contributed by atoms with Gasteiger partial charge in [0.2, 0.25) is 0 Å². The predicted octanol–water partition coefficient (Wildman–Crippen LogP) is 4.10. The molecule has 0 amide bonds. The van der Waals surface area contributed by atoms with E-state index in [1.807, 2.05) is 0 Å². The van der Waals surface area contributed by atoms with Crippen LogP contribution in [0.4, 0.5) is 5.69 Å². The second kappa shape index (κ2) is 8.05. The monoisotopic (exact) mass is 316 g/mol. The lowest BCUT2D eigenvalue weighted by atomic mass is 9.99. The first-order valence-electron chi connectivity index (χ1n) is 9.56. The van der Waals surface area contributed by atoms with Gasteiger partial charge in [-0.2, -0.15) is 0 Å². The van der Waals surface area contributed by atoms with Gasteiger partial charge in [-0.05, 0) is 63.7 Å². The van der Waals surface area contributed by atoms with Crippen LogP contribution in [0.25, 0.3) is 0 Å². The summed E-state index contributed by atoms with van der Waals surface area (Å²) >= 11 is 0. The van der Waals surface area contributed by atoms with Gasteiger partial charge in [-0.3, -0.25) is 0 Å². The van der Waals surface area contributed by atoms with Crippen LogP contribution in [0.5, 0.6) is 5.75 Å². The van der Waals surface area contributed by atoms with Crippen molar-refractivity contribution in [3.05, 3.63) is 23.8 Å². The van der Waals surface area contributed by atoms with Gasteiger partial charge >= 0.3 is 0 Å². The second-order valence-corrected chi connectivity index (χ2v) is 6.89. The van der Waals surface area contributed by atoms with E-state index in [-0.39, 0.29) is 0 Å². The predicted molar refractivity (Wildman–Crippen MR) is 97.6 cm³/mol. The molecule has 0 radical (unpaired) electrons. The van der Waals surface area contributed by atoms with Crippen molar-refractivity contribution in [1.29, 1.82) is 0 Å². The number of rotatable bonds is 5. The van der Waals surface area contributed by atoms with Gasteiger partial charge < -0.3 is 14.5 Å². The van der Waals surface area contributed by atoms with Crippen molar-refractivity contribution in [2.75, 3.05) is 37.7 Å². The fourth-order valence-electron chi connectivity index (χ4n) is 4.09. The van der Waals surface area contributed by atoms with Crippen molar-refractivity contribution >= 4 is 5.69 Å². The van der Waals surface area contributed by atoms with Crippen molar-refractivity contribution in [2.24, 2.45) is 0 Å². The van der Waals surface area contributed by atoms with E-state index in [1.165, 1.54) is 69.5 Å². The largest absolute Gasteiger partial charge is 0.494 e. The average Bonchev–Trinajstić information content (AvgIpc) is 2.63. The summed E-state index contributed by atoms with van der Waals surface area (Å²) in [6, 6.07) is 7.59. The molecule has 1 aromatic rings. The Hall–Kier alpha value is -1.22. The maximum Gasteiger partial charge on any atom is 0.124 e. The van der Waals surface area contributed by atoms with Crippen molar-refractivity contribution in [2.45, 2.75) is 58.4 Å². The zero-order chi connectivity index (χ0) is 16.1. The molecule has 23 heavy (non-hydrogen) atoms. The van der Waals surface area contributed by atoms with Crippen LogP contribution in [0.1, 0.15) is 51.5 Å². The van der Waals surface area contributed by atoms with Crippen LogP contribution in [0.15, 0.2) is 18.2 Å². The minimum atomic E-state index is 0.744. The molecule has 0 unspecified atom stereocenters. The molecule has 0 bridgehead atoms. The molecule has 2 heterocycles. The van der Waals surface area contributed by atoms with E-state index in [1.54, 1.807) is 0 Å². The number of aryl methyl sites for hydroxylation is 1. The lowest BCUT2D eigenvalue weighted by Crippen LogP contribution is -2.46. The van der Waals surface area contributed by atoms with Gasteiger partial charge in [-0.1, -0.05) is 19.4 Å². The van der Waals surface area contributed by atoms with E-state index in [9.17, 15) is 0 Å². The Balaban J connectivity index is 1.61. The number of benzene rings is 1. The molecule has 0 aromatic heterocycles. The standard InChI is InChI=1S/C20H32N2O/c1-3-17-8-9-19(16-20(17)23-4-2)22-14-10-18(11-15-22)21-12-6-5-7-13-21/h8-9,16,18H,3-7,10-15H2,1-2H3. The average molecular weight is 316 g/mol. The highest BCUT2D eigenvalue weighted by molar-refractivity contribution is 5.54. The Morgan fingerprint density at radius 2 is 1.74 bits per heavy atom. The zero-order valence-corrected chi connectivity index (χ0v) is 14.9. The molecule has 0 aliphatic carbocycles. The molecule has 3 heteroatoms. The molecular formula is C20H32N2O. The molecule has 1 aromatic carbocycles. The second-order valence-electron chi connectivity index (χ2n) is 6.89. The molecule has 3 rings (SSSR count). The number of piperidine rings is 2. The van der Waals surface area contributed by atoms with Crippen LogP contribution in [0.3, 0.4) is 0 Å². The number of hydrogen-bond acceptors (Lipinski definition) is 3. The highest BCUT2D eigenvalue weighted by atomic mass is 16.5. The first kappa shape index (κ1) is 16.6. The normalized spacial score (nSPS) is 20.7. The Morgan fingerprint density at radius 3 is 2.39 bits per heavy atom. The highest BCUT2D eigenvalue weighted by Gasteiger charge is 2.25. The first-order valence-corrected chi connectivity index (χ1v) is 9.56. The van der Waals surface area contributed by atoms with E-state index in [0.29, 0.717) is 0 Å². The maximum absolute atomic E-state index is 5.84. The minimum absolute atomic E-state index is 0.744. The maximum atomic E-state index is 5.84. The molecule has 0 spiro atoms. The summed E-state index contributed by atoms with van der Waals surface area (Å²) in [6.07, 6.45) is 7.87. The summed E-state index contributed by atoms with van der Waals surface area (Å²) in [7, 11) is 0. The summed E-state index contributed by atoms with van der Waals surface area (Å²) in [5.74, 6) is 1.07. The van der Waals surface area contributed by atoms with E-state index < -0.39 is 0 Å². The van der Waals surface area contributed by atoms with Crippen molar-refractivity contribution in [3.8, 4) is 5.75 Å². The fourth-order valence-corrected chi connectivity index (χ4v) is 4.09. The minimum Gasteiger partial charge on any atom is -0.494 e. The molecule has 0 N–H and O–H groups in total. The van der Waals surface area contributed by atoms with Crippen molar-refractivity contribution in [1.82, 2.24) is 4.90 Å². The van der Waals surface area contributed by atoms with E-state index in [2.05, 4.69) is 41.8 Å². The van der Waals surface area contributed by atoms with Crippen molar-refractivity contribution in [3.63, 3.8) is 0 Å². The molecular weight excluding hydrogens is 284 g/mol. The fraction of sp³-hybridized carbons (Fsp3) is 0.700. The van der Waals surface area contributed by atoms with Gasteiger partial charge in [-0.25, -0.2) is 0 Å². The van der Waals surface area contributed by atoms with Gasteiger partial charge in [0.05, 0.1) is 6.61 Å². The third-order valence-corrected chi connectivity index (χ3v) is 5.47. The SMILES string of the molecule is CCOc1cc(N2CCC(N3CCCCC3)CC2)ccc1CC. The number of nitrogens with zero attached hydrogens (tertiary/aromatic N) is 2. The third-order valence-electron chi connectivity index (χ3n) is 5.47. The van der Waals surface area contributed by atoms with Crippen LogP contribution in [0.2, 0.25) is 0 Å². The summed E-state index contributed by atoms with van der Waals surface area (Å²) < 4.78 is 5.84. The molecule has 2 aliphatic heterocycles. The lowest BCUT2D eigenvalue weighted by Gasteiger charge is -2.41. The lowest BCUT2D eigenvalue weighted by molar-refractivity contribution is 0.141. The molecule has 0 atom stereocenters. The first-order chi connectivity index (χ1) is 11.3. The quantitative estimate of drug-likeness (QED) is 0.813. The van der Waals surface area contributed by atoms with Crippen LogP contribution in [-0.2, 0) is 6.42 Å². The highest BCUT2D eigenvalue weighted by Crippen LogP contribution is 2.29. The molecule has 2 saturated heterocycles. The number of anilines is 1. The summed E-state index contributed by atoms with van der Waals surface area (Å²) in [5, 5.41) is 0. The number of ether oxygens (including phenoxy) is 1. The topological polar surface area (TPSA) is 15.7 Å². The third kappa shape index (κ3) is 4.00. The summed E-state index contributed by atoms with van der Waals surface area (Å²) in [5.41, 5.74) is 2.65. The van der Waals surface area contributed by atoms with Crippen LogP contribution < -0.4 is 9.64 Å². The van der Waals surface area contributed by atoms with E-state index >= 15 is 0 Å². The molecule has 3 nitrogen and oxygen atoms in total. The van der Waals surface area contributed by atoms with Crippen molar-refractivity contribution < 1.29 is 4.74 Å². The van der Waals surface area contributed by atoms with Gasteiger partial charge in [-0.15, -0.1) is 0 Å². The van der Waals surface area contributed by atoms with Gasteiger partial charge in [0, 0.05) is 30.9 Å². The Kier molecular flexibility index (Phi) is 5.82. The van der Waals surface area contributed by atoms with Gasteiger partial charge in [0.1, 0.15) is 5.75 Å². The van der Waals surface area contributed by atoms with Crippen LogP contribution >= 0.6 is 0 Å². The molecule has 2 aliphatic rings. The Morgan fingerprint density at radius 1 is 1.00 bits per heavy atom. The number of likely N-dealkylation sites (tertiary alicyclic amines) is 1. The van der Waals surface area contributed by atoms with E-state index in [4.69, 9.17) is 4.74 Å². The van der Waals surface area contributed by atoms with Crippen LogP contribution in [-0.4, -0.2) is 43.7 Å². The summed E-state index contributed by atoms with van der Waals surface area (Å²) in [6.45, 7) is 10.0. The molecule has 2 fully saturated rings. The van der Waals surface area contributed by atoms with Crippen LogP contribution in [0, 0.1) is 0 Å². The van der Waals surface area contributed by atoms with Gasteiger partial charge in [0.25, 0.3) is 0 Å². The van der Waals surface area contributed by atoms with E-state index in [0.717, 1.165) is 24.8 Å². The molecule has 0 saturated carbocycles. The Labute approximate surface area is 141 Å².